The zero-order valence-electron chi connectivity index (χ0n) is 17.8. The van der Waals surface area contributed by atoms with Crippen LogP contribution >= 0.6 is 0 Å². The molecule has 0 aromatic heterocycles. The fraction of sp³-hybridized carbons (Fsp3) is 0.762. The van der Waals surface area contributed by atoms with Crippen molar-refractivity contribution in [3.05, 3.63) is 12.7 Å². The fourth-order valence-electron chi connectivity index (χ4n) is 5.55. The van der Waals surface area contributed by atoms with E-state index in [1.807, 2.05) is 20.8 Å². The van der Waals surface area contributed by atoms with Crippen molar-refractivity contribution in [2.75, 3.05) is 13.2 Å². The van der Waals surface area contributed by atoms with E-state index in [9.17, 15) is 24.6 Å². The monoisotopic (exact) mass is 408 g/mol. The van der Waals surface area contributed by atoms with Crippen LogP contribution in [-0.2, 0) is 19.1 Å². The average molecular weight is 408 g/mol. The molecule has 6 atom stereocenters. The number of nitrogens with zero attached hydrogens (tertiary/aromatic N) is 2. The highest BCUT2D eigenvalue weighted by molar-refractivity contribution is 5.98. The zero-order chi connectivity index (χ0) is 21.9. The van der Waals surface area contributed by atoms with E-state index in [2.05, 4.69) is 6.58 Å². The maximum Gasteiger partial charge on any atom is 0.310 e. The van der Waals surface area contributed by atoms with Crippen molar-refractivity contribution < 1.29 is 29.3 Å². The number of hydrogen-bond acceptors (Lipinski definition) is 5. The van der Waals surface area contributed by atoms with Gasteiger partial charge in [-0.2, -0.15) is 0 Å². The molecule has 8 nitrogen and oxygen atoms in total. The minimum atomic E-state index is -1.19. The Bertz CT molecular complexity index is 746. The smallest absolute Gasteiger partial charge is 0.310 e. The molecule has 1 spiro atoms. The molecule has 3 fully saturated rings. The Morgan fingerprint density at radius 1 is 1.41 bits per heavy atom. The van der Waals surface area contributed by atoms with Gasteiger partial charge in [-0.15, -0.1) is 6.58 Å². The summed E-state index contributed by atoms with van der Waals surface area (Å²) in [6.45, 7) is 12.8. The van der Waals surface area contributed by atoms with Crippen molar-refractivity contribution in [2.45, 2.75) is 76.3 Å². The van der Waals surface area contributed by atoms with Crippen molar-refractivity contribution in [3.8, 4) is 0 Å². The lowest BCUT2D eigenvalue weighted by Crippen LogP contribution is -2.61. The third kappa shape index (κ3) is 2.91. The maximum atomic E-state index is 13.8. The van der Waals surface area contributed by atoms with Crippen LogP contribution in [0.2, 0.25) is 0 Å². The lowest BCUT2D eigenvalue weighted by molar-refractivity contribution is -0.160. The summed E-state index contributed by atoms with van der Waals surface area (Å²) in [5.41, 5.74) is -2.71. The molecule has 8 heteroatoms. The normalized spacial score (nSPS) is 36.8. The molecular formula is C21H32N2O6. The van der Waals surface area contributed by atoms with Crippen molar-refractivity contribution in [2.24, 2.45) is 11.8 Å². The number of carbonyl (C=O) groups excluding carboxylic acids is 2. The molecule has 2 amide bonds. The van der Waals surface area contributed by atoms with Crippen LogP contribution in [0.15, 0.2) is 12.7 Å². The molecule has 3 aliphatic heterocycles. The number of amides is 2. The molecular weight excluding hydrogens is 376 g/mol. The summed E-state index contributed by atoms with van der Waals surface area (Å²) >= 11 is 0. The summed E-state index contributed by atoms with van der Waals surface area (Å²) in [5, 5.41) is 19.7. The van der Waals surface area contributed by atoms with Gasteiger partial charge in [-0.05, 0) is 47.5 Å². The maximum absolute atomic E-state index is 13.8. The van der Waals surface area contributed by atoms with E-state index in [4.69, 9.17) is 4.74 Å². The molecule has 3 saturated heterocycles. The number of rotatable bonds is 6. The van der Waals surface area contributed by atoms with E-state index in [-0.39, 0.29) is 19.1 Å². The molecule has 0 aliphatic carbocycles. The standard InChI is InChI=1S/C21H32N2O6/c1-7-10-22(19(3,4)5)17(26)15-21-9-8-20(6,29-21)14(18(27)28)13(21)16(25)23(15)12(2)11-24/h7,12-15,24H,1,8-11H2,2-6H3,(H,27,28)/t12-,13+,14-,15?,20+,21?/m1/s1. The van der Waals surface area contributed by atoms with E-state index in [1.165, 1.54) is 4.90 Å². The number of fused-ring (bicyclic) bond motifs is 1. The average Bonchev–Trinajstić information content (AvgIpc) is 3.18. The summed E-state index contributed by atoms with van der Waals surface area (Å²) in [4.78, 5) is 42.4. The van der Waals surface area contributed by atoms with E-state index >= 15 is 0 Å². The Balaban J connectivity index is 2.15. The number of hydrogen-bond donors (Lipinski definition) is 2. The van der Waals surface area contributed by atoms with Crippen LogP contribution in [0.3, 0.4) is 0 Å². The Kier molecular flexibility index (Phi) is 5.11. The Hall–Kier alpha value is -1.93. The van der Waals surface area contributed by atoms with Gasteiger partial charge in [-0.25, -0.2) is 0 Å². The molecule has 0 radical (unpaired) electrons. The van der Waals surface area contributed by atoms with Gasteiger partial charge in [-0.3, -0.25) is 14.4 Å². The van der Waals surface area contributed by atoms with E-state index < -0.39 is 52.5 Å². The van der Waals surface area contributed by atoms with Gasteiger partial charge >= 0.3 is 5.97 Å². The molecule has 0 saturated carbocycles. The zero-order valence-corrected chi connectivity index (χ0v) is 17.8. The first kappa shape index (κ1) is 21.8. The third-order valence-corrected chi connectivity index (χ3v) is 6.84. The first-order valence-corrected chi connectivity index (χ1v) is 10.1. The molecule has 3 aliphatic rings. The molecule has 2 unspecified atom stereocenters. The predicted octanol–water partition coefficient (Wildman–Crippen LogP) is 1.03. The molecule has 3 rings (SSSR count). The Morgan fingerprint density at radius 2 is 2.03 bits per heavy atom. The predicted molar refractivity (Wildman–Crippen MR) is 105 cm³/mol. The number of carbonyl (C=O) groups is 3. The molecule has 2 N–H and O–H groups in total. The van der Waals surface area contributed by atoms with Crippen LogP contribution in [0.4, 0.5) is 0 Å². The molecule has 162 valence electrons. The van der Waals surface area contributed by atoms with Gasteiger partial charge in [0, 0.05) is 12.1 Å². The fourth-order valence-corrected chi connectivity index (χ4v) is 5.55. The topological polar surface area (TPSA) is 107 Å². The van der Waals surface area contributed by atoms with Crippen molar-refractivity contribution >= 4 is 17.8 Å². The van der Waals surface area contributed by atoms with Gasteiger partial charge in [-0.1, -0.05) is 6.08 Å². The van der Waals surface area contributed by atoms with Gasteiger partial charge < -0.3 is 24.7 Å². The third-order valence-electron chi connectivity index (χ3n) is 6.84. The molecule has 0 aromatic rings. The summed E-state index contributed by atoms with van der Waals surface area (Å²) in [5.74, 6) is -3.77. The Morgan fingerprint density at radius 3 is 2.52 bits per heavy atom. The Labute approximate surface area is 171 Å². The first-order chi connectivity index (χ1) is 13.4. The molecule has 3 heterocycles. The lowest BCUT2D eigenvalue weighted by atomic mass is 9.66. The van der Waals surface area contributed by atoms with E-state index in [0.717, 1.165) is 0 Å². The van der Waals surface area contributed by atoms with Crippen molar-refractivity contribution in [1.82, 2.24) is 9.80 Å². The number of carboxylic acids is 1. The number of carboxylic acid groups (broad SMARTS) is 1. The van der Waals surface area contributed by atoms with E-state index in [1.54, 1.807) is 24.8 Å². The minimum absolute atomic E-state index is 0.286. The second kappa shape index (κ2) is 6.80. The van der Waals surface area contributed by atoms with Gasteiger partial charge in [0.15, 0.2) is 0 Å². The summed E-state index contributed by atoms with van der Waals surface area (Å²) < 4.78 is 6.32. The molecule has 2 bridgehead atoms. The number of ether oxygens (including phenoxy) is 1. The first-order valence-electron chi connectivity index (χ1n) is 10.1. The summed E-state index contributed by atoms with van der Waals surface area (Å²) in [6.07, 6.45) is 2.53. The highest BCUT2D eigenvalue weighted by Crippen LogP contribution is 2.63. The summed E-state index contributed by atoms with van der Waals surface area (Å²) in [7, 11) is 0. The van der Waals surface area contributed by atoms with Gasteiger partial charge in [0.25, 0.3) is 0 Å². The molecule has 0 aromatic carbocycles. The van der Waals surface area contributed by atoms with Crippen molar-refractivity contribution in [3.63, 3.8) is 0 Å². The largest absolute Gasteiger partial charge is 0.481 e. The molecule has 29 heavy (non-hydrogen) atoms. The van der Waals surface area contributed by atoms with Crippen LogP contribution in [0, 0.1) is 11.8 Å². The van der Waals surface area contributed by atoms with Crippen LogP contribution in [0.1, 0.15) is 47.5 Å². The van der Waals surface area contributed by atoms with Crippen LogP contribution in [0.5, 0.6) is 0 Å². The highest BCUT2D eigenvalue weighted by atomic mass is 16.5. The van der Waals surface area contributed by atoms with Crippen LogP contribution in [0.25, 0.3) is 0 Å². The number of aliphatic hydroxyl groups excluding tert-OH is 1. The second-order valence-electron chi connectivity index (χ2n) is 9.75. The van der Waals surface area contributed by atoms with Gasteiger partial charge in [0.2, 0.25) is 11.8 Å². The van der Waals surface area contributed by atoms with E-state index in [0.29, 0.717) is 12.8 Å². The lowest BCUT2D eigenvalue weighted by Gasteiger charge is -2.43. The number of likely N-dealkylation sites (tertiary alicyclic amines) is 1. The van der Waals surface area contributed by atoms with Crippen LogP contribution < -0.4 is 0 Å². The summed E-state index contributed by atoms with van der Waals surface area (Å²) in [6, 6.07) is -1.61. The second-order valence-corrected chi connectivity index (χ2v) is 9.75. The SMILES string of the molecule is C=CCN(C(=O)C1N([C@H](C)CO)C(=O)[C@@H]2[C@H](C(=O)O)[C@]3(C)CCC12O3)C(C)(C)C. The quantitative estimate of drug-likeness (QED) is 0.636. The highest BCUT2D eigenvalue weighted by Gasteiger charge is 2.78. The van der Waals surface area contributed by atoms with Gasteiger partial charge in [0.1, 0.15) is 11.6 Å². The number of aliphatic hydroxyl groups is 1. The van der Waals surface area contributed by atoms with Crippen molar-refractivity contribution in [1.29, 1.82) is 0 Å². The minimum Gasteiger partial charge on any atom is -0.481 e. The van der Waals surface area contributed by atoms with Gasteiger partial charge in [0.05, 0.1) is 30.1 Å². The number of aliphatic carboxylic acids is 1. The van der Waals surface area contributed by atoms with Crippen LogP contribution in [-0.4, -0.2) is 79.8 Å².